The molecule has 0 N–H and O–H groups in total. The van der Waals surface area contributed by atoms with Gasteiger partial charge < -0.3 is 9.11 Å². The second-order valence-corrected chi connectivity index (χ2v) is 18.6. The monoisotopic (exact) mass is 834 g/mol. The Morgan fingerprint density at radius 1 is 0.396 bits per heavy atom. The Bertz CT molecular complexity index is 1590. The van der Waals surface area contributed by atoms with Crippen LogP contribution in [0.3, 0.4) is 0 Å². The Labute approximate surface area is 336 Å². The van der Waals surface area contributed by atoms with Gasteiger partial charge in [-0.2, -0.15) is 16.8 Å². The molecule has 0 heterocycles. The van der Waals surface area contributed by atoms with Crippen LogP contribution in [0.1, 0.15) is 142 Å². The van der Waals surface area contributed by atoms with Crippen molar-refractivity contribution in [2.24, 2.45) is 0 Å². The molecule has 0 aliphatic carbocycles. The van der Waals surface area contributed by atoms with Crippen molar-refractivity contribution in [2.45, 2.75) is 162 Å². The van der Waals surface area contributed by atoms with Gasteiger partial charge in [0, 0.05) is 0 Å². The zero-order chi connectivity index (χ0) is 38.9. The van der Waals surface area contributed by atoms with Crippen LogP contribution in [-0.2, 0) is 48.8 Å². The molecule has 2 aromatic rings. The van der Waals surface area contributed by atoms with E-state index in [0.29, 0.717) is 12.8 Å². The van der Waals surface area contributed by atoms with Crippen LogP contribution in [0.2, 0.25) is 0 Å². The predicted octanol–water partition coefficient (Wildman–Crippen LogP) is 8.05. The molecule has 0 aliphatic heterocycles. The molecule has 0 atom stereocenters. The predicted molar refractivity (Wildman–Crippen MR) is 205 cm³/mol. The van der Waals surface area contributed by atoms with Gasteiger partial charge in [0.15, 0.2) is 0 Å². The van der Waals surface area contributed by atoms with Crippen molar-refractivity contribution >= 4 is 63.5 Å². The zero-order valence-electron chi connectivity index (χ0n) is 31.4. The molecular formula is C36H58MgO12S4. The van der Waals surface area contributed by atoms with Crippen molar-refractivity contribution in [3.05, 3.63) is 48.5 Å². The molecule has 0 bridgehead atoms. The fourth-order valence-corrected chi connectivity index (χ4v) is 9.76. The van der Waals surface area contributed by atoms with Crippen LogP contribution in [-0.4, -0.2) is 79.0 Å². The number of hydrogen-bond donors (Lipinski definition) is 0. The van der Waals surface area contributed by atoms with Gasteiger partial charge in [0.25, 0.3) is 20.2 Å². The molecule has 0 unspecified atom stereocenters. The molecule has 2 aromatic carbocycles. The smallest absolute Gasteiger partial charge is 0.744 e. The quantitative estimate of drug-likeness (QED) is 0.0346. The van der Waals surface area contributed by atoms with Crippen LogP contribution in [0.15, 0.2) is 68.1 Å². The standard InChI is InChI=1S/2C18H30O6S2.Mg/c2*1-2-3-4-5-6-7-8-9-10-13-16-24-26(22,23)18-15-12-11-14-17(18)25(19,20)21;/h2*11-12,14-15H,2-10,13,16H2,1H3,(H,19,20,21);/q;;+2/p-2. The first kappa shape index (κ1) is 51.8. The van der Waals surface area contributed by atoms with E-state index in [1.54, 1.807) is 0 Å². The average Bonchev–Trinajstić information content (AvgIpc) is 3.09. The minimum atomic E-state index is -4.88. The van der Waals surface area contributed by atoms with Crippen molar-refractivity contribution in [2.75, 3.05) is 13.2 Å². The minimum absolute atomic E-state index is 0. The molecule has 17 heteroatoms. The van der Waals surface area contributed by atoms with E-state index in [4.69, 9.17) is 8.37 Å². The molecule has 0 fully saturated rings. The van der Waals surface area contributed by atoms with Gasteiger partial charge in [-0.3, -0.25) is 8.37 Å². The maximum atomic E-state index is 12.1. The molecule has 300 valence electrons. The van der Waals surface area contributed by atoms with E-state index in [2.05, 4.69) is 13.8 Å². The van der Waals surface area contributed by atoms with Crippen LogP contribution >= 0.6 is 0 Å². The summed E-state index contributed by atoms with van der Waals surface area (Å²) in [5.41, 5.74) is 0. The summed E-state index contributed by atoms with van der Waals surface area (Å²) in [6.07, 6.45) is 22.2. The summed E-state index contributed by atoms with van der Waals surface area (Å²) in [6.45, 7) is 4.35. The van der Waals surface area contributed by atoms with Crippen LogP contribution in [0.4, 0.5) is 0 Å². The Morgan fingerprint density at radius 3 is 0.868 bits per heavy atom. The normalized spacial score (nSPS) is 12.2. The van der Waals surface area contributed by atoms with Crippen LogP contribution in [0.25, 0.3) is 0 Å². The third-order valence-corrected chi connectivity index (χ3v) is 13.0. The first-order valence-electron chi connectivity index (χ1n) is 18.5. The molecule has 0 aliphatic rings. The van der Waals surface area contributed by atoms with E-state index in [-0.39, 0.29) is 36.3 Å². The van der Waals surface area contributed by atoms with Gasteiger partial charge in [-0.25, -0.2) is 16.8 Å². The van der Waals surface area contributed by atoms with E-state index in [1.165, 1.54) is 101 Å². The topological polar surface area (TPSA) is 201 Å². The van der Waals surface area contributed by atoms with Gasteiger partial charge in [0.2, 0.25) is 0 Å². The first-order valence-corrected chi connectivity index (χ1v) is 24.1. The Balaban J connectivity index is 0.00000100. The second-order valence-electron chi connectivity index (χ2n) is 12.7. The molecule has 0 spiro atoms. The Kier molecular flexibility index (Phi) is 27.7. The third kappa shape index (κ3) is 22.9. The zero-order valence-corrected chi connectivity index (χ0v) is 36.1. The minimum Gasteiger partial charge on any atom is -0.744 e. The summed E-state index contributed by atoms with van der Waals surface area (Å²) < 4.78 is 125. The third-order valence-electron chi connectivity index (χ3n) is 8.25. The molecule has 0 radical (unpaired) electrons. The van der Waals surface area contributed by atoms with E-state index >= 15 is 0 Å². The summed E-state index contributed by atoms with van der Waals surface area (Å²) in [6, 6.07) is 9.38. The van der Waals surface area contributed by atoms with Crippen molar-refractivity contribution < 1.29 is 51.1 Å². The molecule has 0 saturated heterocycles. The largest absolute Gasteiger partial charge is 2.00 e. The molecule has 12 nitrogen and oxygen atoms in total. The van der Waals surface area contributed by atoms with Crippen molar-refractivity contribution in [3.63, 3.8) is 0 Å². The van der Waals surface area contributed by atoms with Gasteiger partial charge >= 0.3 is 23.1 Å². The summed E-state index contributed by atoms with van der Waals surface area (Å²) >= 11 is 0. The second kappa shape index (κ2) is 28.3. The molecule has 2 rings (SSSR count). The van der Waals surface area contributed by atoms with E-state index < -0.39 is 60.1 Å². The average molecular weight is 835 g/mol. The summed E-state index contributed by atoms with van der Waals surface area (Å²) in [5, 5.41) is 0. The van der Waals surface area contributed by atoms with E-state index in [0.717, 1.165) is 62.8 Å². The van der Waals surface area contributed by atoms with Crippen LogP contribution < -0.4 is 0 Å². The number of benzene rings is 2. The Morgan fingerprint density at radius 2 is 0.623 bits per heavy atom. The van der Waals surface area contributed by atoms with Crippen LogP contribution in [0, 0.1) is 0 Å². The van der Waals surface area contributed by atoms with Gasteiger partial charge in [0.05, 0.1) is 23.0 Å². The van der Waals surface area contributed by atoms with Gasteiger partial charge in [-0.05, 0) is 37.1 Å². The molecule has 0 aromatic heterocycles. The Hall–Kier alpha value is -1.15. The number of hydrogen-bond acceptors (Lipinski definition) is 12. The van der Waals surface area contributed by atoms with Crippen molar-refractivity contribution in [3.8, 4) is 0 Å². The fraction of sp³-hybridized carbons (Fsp3) is 0.667. The molecule has 53 heavy (non-hydrogen) atoms. The molecular weight excluding hydrogens is 777 g/mol. The fourth-order valence-electron chi connectivity index (χ4n) is 5.37. The summed E-state index contributed by atoms with van der Waals surface area (Å²) in [4.78, 5) is -2.74. The molecule has 0 amide bonds. The van der Waals surface area contributed by atoms with Crippen LogP contribution in [0.5, 0.6) is 0 Å². The summed E-state index contributed by atoms with van der Waals surface area (Å²) in [5.74, 6) is 0. The number of unbranched alkanes of at least 4 members (excludes halogenated alkanes) is 18. The maximum Gasteiger partial charge on any atom is 2.00 e. The first-order chi connectivity index (χ1) is 24.6. The van der Waals surface area contributed by atoms with E-state index in [1.807, 2.05) is 0 Å². The van der Waals surface area contributed by atoms with E-state index in [9.17, 15) is 42.8 Å². The summed E-state index contributed by atoms with van der Waals surface area (Å²) in [7, 11) is -18.3. The van der Waals surface area contributed by atoms with Crippen molar-refractivity contribution in [1.29, 1.82) is 0 Å². The number of rotatable bonds is 28. The van der Waals surface area contributed by atoms with Gasteiger partial charge in [-0.15, -0.1) is 0 Å². The van der Waals surface area contributed by atoms with Gasteiger partial charge in [-0.1, -0.05) is 154 Å². The SMILES string of the molecule is CCCCCCCCCCCCOS(=O)(=O)c1ccccc1S(=O)(=O)[O-].CCCCCCCCCCCCOS(=O)(=O)c1ccccc1S(=O)(=O)[O-].[Mg+2]. The maximum absolute atomic E-state index is 12.1. The molecule has 0 saturated carbocycles. The van der Waals surface area contributed by atoms with Crippen molar-refractivity contribution in [1.82, 2.24) is 0 Å². The van der Waals surface area contributed by atoms with Gasteiger partial charge in [0.1, 0.15) is 30.0 Å².